The van der Waals surface area contributed by atoms with Crippen LogP contribution >= 0.6 is 23.2 Å². The lowest BCUT2D eigenvalue weighted by atomic mass is 10.2. The Balaban J connectivity index is 1.50. The lowest BCUT2D eigenvalue weighted by molar-refractivity contribution is 0.243. The number of piperazine rings is 1. The van der Waals surface area contributed by atoms with Gasteiger partial charge < -0.3 is 9.64 Å². The lowest BCUT2D eigenvalue weighted by Gasteiger charge is -2.36. The Hall–Kier alpha value is -2.41. The summed E-state index contributed by atoms with van der Waals surface area (Å²) in [6.45, 7) is 4.08. The average molecular weight is 447 g/mol. The minimum absolute atomic E-state index is 0.214. The van der Waals surface area contributed by atoms with Crippen LogP contribution in [-0.4, -0.2) is 47.6 Å². The number of nitrogens with zero attached hydrogens (tertiary/aromatic N) is 4. The van der Waals surface area contributed by atoms with Gasteiger partial charge in [0.25, 0.3) is 5.56 Å². The fourth-order valence-corrected chi connectivity index (χ4v) is 4.39. The zero-order valence-corrected chi connectivity index (χ0v) is 18.5. The van der Waals surface area contributed by atoms with Crippen molar-refractivity contribution in [2.24, 2.45) is 7.05 Å². The van der Waals surface area contributed by atoms with Crippen molar-refractivity contribution in [3.8, 4) is 11.4 Å². The van der Waals surface area contributed by atoms with Crippen LogP contribution in [0.4, 0.5) is 5.69 Å². The highest BCUT2D eigenvalue weighted by molar-refractivity contribution is 6.33. The molecule has 0 aliphatic carbocycles. The van der Waals surface area contributed by atoms with Gasteiger partial charge in [0.15, 0.2) is 0 Å². The Morgan fingerprint density at radius 1 is 0.967 bits per heavy atom. The number of para-hydroxylation sites is 1. The highest BCUT2D eigenvalue weighted by Crippen LogP contribution is 2.27. The minimum atomic E-state index is -0.214. The molecule has 2 heterocycles. The Morgan fingerprint density at radius 2 is 1.63 bits per heavy atom. The van der Waals surface area contributed by atoms with E-state index in [2.05, 4.69) is 9.80 Å². The molecule has 1 aliphatic rings. The molecule has 0 atom stereocenters. The summed E-state index contributed by atoms with van der Waals surface area (Å²) in [7, 11) is 3.48. The highest BCUT2D eigenvalue weighted by Gasteiger charge is 2.23. The lowest BCUT2D eigenvalue weighted by Crippen LogP contribution is -2.46. The Labute approximate surface area is 185 Å². The van der Waals surface area contributed by atoms with Crippen LogP contribution in [0.3, 0.4) is 0 Å². The van der Waals surface area contributed by atoms with Gasteiger partial charge >= 0.3 is 0 Å². The molecule has 4 rings (SSSR count). The number of halogens is 2. The van der Waals surface area contributed by atoms with Gasteiger partial charge in [0, 0.05) is 39.8 Å². The number of methoxy groups -OCH3 is 1. The molecule has 1 aromatic heterocycles. The van der Waals surface area contributed by atoms with Crippen LogP contribution < -0.4 is 15.2 Å². The van der Waals surface area contributed by atoms with Gasteiger partial charge in [0.2, 0.25) is 0 Å². The van der Waals surface area contributed by atoms with Gasteiger partial charge in [-0.05, 0) is 36.4 Å². The maximum Gasteiger partial charge on any atom is 0.290 e. The Bertz CT molecular complexity index is 1080. The van der Waals surface area contributed by atoms with E-state index in [1.807, 2.05) is 60.3 Å². The minimum Gasteiger partial charge on any atom is -0.497 e. The summed E-state index contributed by atoms with van der Waals surface area (Å²) in [5.74, 6) is 0.740. The van der Waals surface area contributed by atoms with E-state index < -0.39 is 0 Å². The van der Waals surface area contributed by atoms with E-state index in [1.54, 1.807) is 11.8 Å². The Morgan fingerprint density at radius 3 is 2.27 bits per heavy atom. The van der Waals surface area contributed by atoms with Crippen LogP contribution in [0, 0.1) is 0 Å². The van der Waals surface area contributed by atoms with Gasteiger partial charge in [-0.3, -0.25) is 14.4 Å². The van der Waals surface area contributed by atoms with Crippen LogP contribution in [0.1, 0.15) is 5.69 Å². The summed E-state index contributed by atoms with van der Waals surface area (Å²) in [6, 6.07) is 15.3. The number of rotatable bonds is 5. The maximum atomic E-state index is 12.8. The molecule has 2 aromatic carbocycles. The van der Waals surface area contributed by atoms with E-state index >= 15 is 0 Å². The summed E-state index contributed by atoms with van der Waals surface area (Å²) in [5.41, 5.74) is 2.41. The monoisotopic (exact) mass is 446 g/mol. The Kier molecular flexibility index (Phi) is 6.09. The zero-order valence-electron chi connectivity index (χ0n) is 17.0. The molecule has 0 saturated carbocycles. The molecule has 0 unspecified atom stereocenters. The van der Waals surface area contributed by atoms with Crippen LogP contribution in [0.5, 0.6) is 5.75 Å². The van der Waals surface area contributed by atoms with Crippen LogP contribution in [0.15, 0.2) is 53.3 Å². The van der Waals surface area contributed by atoms with Crippen molar-refractivity contribution in [2.45, 2.75) is 6.54 Å². The van der Waals surface area contributed by atoms with E-state index in [9.17, 15) is 4.79 Å². The predicted molar refractivity (Wildman–Crippen MR) is 122 cm³/mol. The van der Waals surface area contributed by atoms with Crippen molar-refractivity contribution in [3.63, 3.8) is 0 Å². The first-order valence-corrected chi connectivity index (χ1v) is 10.6. The molecule has 0 bridgehead atoms. The summed E-state index contributed by atoms with van der Waals surface area (Å²) < 4.78 is 8.64. The van der Waals surface area contributed by atoms with Crippen molar-refractivity contribution in [1.29, 1.82) is 0 Å². The first-order chi connectivity index (χ1) is 14.5. The smallest absolute Gasteiger partial charge is 0.290 e. The van der Waals surface area contributed by atoms with Crippen molar-refractivity contribution in [2.75, 3.05) is 38.2 Å². The van der Waals surface area contributed by atoms with Crippen LogP contribution in [0.25, 0.3) is 5.69 Å². The van der Waals surface area contributed by atoms with Gasteiger partial charge in [-0.15, -0.1) is 0 Å². The molecule has 1 saturated heterocycles. The second-order valence-corrected chi connectivity index (χ2v) is 8.10. The second kappa shape index (κ2) is 8.76. The fourth-order valence-electron chi connectivity index (χ4n) is 3.87. The third kappa shape index (κ3) is 3.95. The third-order valence-corrected chi connectivity index (χ3v) is 6.28. The van der Waals surface area contributed by atoms with Crippen molar-refractivity contribution in [3.05, 3.63) is 74.6 Å². The molecule has 0 amide bonds. The molecule has 0 N–H and O–H groups in total. The SMILES string of the molecule is COc1ccc(-n2c(=O)c(Cl)c(CN3CCN(c4ccccc4Cl)CC3)n2C)cc1. The summed E-state index contributed by atoms with van der Waals surface area (Å²) in [6.07, 6.45) is 0. The van der Waals surface area contributed by atoms with E-state index in [-0.39, 0.29) is 10.6 Å². The fraction of sp³-hybridized carbons (Fsp3) is 0.318. The molecule has 0 radical (unpaired) electrons. The number of hydrogen-bond donors (Lipinski definition) is 0. The van der Waals surface area contributed by atoms with E-state index in [0.29, 0.717) is 6.54 Å². The van der Waals surface area contributed by atoms with E-state index in [1.165, 1.54) is 0 Å². The van der Waals surface area contributed by atoms with Gasteiger partial charge in [-0.2, -0.15) is 0 Å². The number of hydrogen-bond acceptors (Lipinski definition) is 4. The molecule has 6 nitrogen and oxygen atoms in total. The van der Waals surface area contributed by atoms with E-state index in [4.69, 9.17) is 27.9 Å². The molecule has 0 spiro atoms. The number of benzene rings is 2. The average Bonchev–Trinajstić information content (AvgIpc) is 2.98. The predicted octanol–water partition coefficient (Wildman–Crippen LogP) is 3.81. The molecular formula is C22H24Cl2N4O2. The first kappa shape index (κ1) is 20.8. The molecular weight excluding hydrogens is 423 g/mol. The number of anilines is 1. The van der Waals surface area contributed by atoms with Gasteiger partial charge in [0.05, 0.1) is 29.2 Å². The molecule has 1 fully saturated rings. The van der Waals surface area contributed by atoms with Gasteiger partial charge in [-0.25, -0.2) is 4.68 Å². The van der Waals surface area contributed by atoms with Crippen molar-refractivity contribution < 1.29 is 4.74 Å². The van der Waals surface area contributed by atoms with Crippen LogP contribution in [0.2, 0.25) is 10.0 Å². The molecule has 1 aliphatic heterocycles. The van der Waals surface area contributed by atoms with Crippen molar-refractivity contribution >= 4 is 28.9 Å². The summed E-state index contributed by atoms with van der Waals surface area (Å²) >= 11 is 12.8. The summed E-state index contributed by atoms with van der Waals surface area (Å²) in [4.78, 5) is 17.4. The van der Waals surface area contributed by atoms with Gasteiger partial charge in [-0.1, -0.05) is 35.3 Å². The number of ether oxygens (including phenoxy) is 1. The van der Waals surface area contributed by atoms with Crippen molar-refractivity contribution in [1.82, 2.24) is 14.3 Å². The maximum absolute atomic E-state index is 12.8. The topological polar surface area (TPSA) is 42.6 Å². The molecule has 30 heavy (non-hydrogen) atoms. The highest BCUT2D eigenvalue weighted by atomic mass is 35.5. The zero-order chi connectivity index (χ0) is 21.3. The normalized spacial score (nSPS) is 14.9. The molecule has 3 aromatic rings. The quantitative estimate of drug-likeness (QED) is 0.597. The van der Waals surface area contributed by atoms with Crippen LogP contribution in [-0.2, 0) is 13.6 Å². The molecule has 158 valence electrons. The third-order valence-electron chi connectivity index (χ3n) is 5.58. The standard InChI is InChI=1S/C22H24Cl2N4O2/c1-25-20(21(24)22(29)28(25)16-7-9-17(30-2)10-8-16)15-26-11-13-27(14-12-26)19-6-4-3-5-18(19)23/h3-10H,11-15H2,1-2H3. The molecule has 8 heteroatoms. The van der Waals surface area contributed by atoms with Gasteiger partial charge in [0.1, 0.15) is 10.8 Å². The van der Waals surface area contributed by atoms with E-state index in [0.717, 1.165) is 54.0 Å². The first-order valence-electron chi connectivity index (χ1n) is 9.82. The number of aromatic nitrogens is 2. The summed E-state index contributed by atoms with van der Waals surface area (Å²) in [5, 5.41) is 1.04. The second-order valence-electron chi connectivity index (χ2n) is 7.31. The largest absolute Gasteiger partial charge is 0.497 e.